The van der Waals surface area contributed by atoms with Crippen LogP contribution in [-0.2, 0) is 11.2 Å². The third kappa shape index (κ3) is 5.06. The Bertz CT molecular complexity index is 1050. The van der Waals surface area contributed by atoms with Gasteiger partial charge in [-0.25, -0.2) is 0 Å². The van der Waals surface area contributed by atoms with Crippen molar-refractivity contribution in [2.24, 2.45) is 0 Å². The fourth-order valence-corrected chi connectivity index (χ4v) is 3.38. The van der Waals surface area contributed by atoms with Gasteiger partial charge < -0.3 is 4.42 Å². The summed E-state index contributed by atoms with van der Waals surface area (Å²) in [7, 11) is 0. The van der Waals surface area contributed by atoms with E-state index in [1.165, 1.54) is 17.4 Å². The molecule has 0 fully saturated rings. The van der Waals surface area contributed by atoms with E-state index in [1.54, 1.807) is 24.3 Å². The van der Waals surface area contributed by atoms with Gasteiger partial charge in [-0.2, -0.15) is 5.26 Å². The van der Waals surface area contributed by atoms with Crippen molar-refractivity contribution >= 4 is 40.1 Å². The molecule has 0 bridgehead atoms. The molecule has 3 rings (SSSR count). The van der Waals surface area contributed by atoms with E-state index in [1.807, 2.05) is 18.2 Å². The minimum atomic E-state index is -0.554. The normalized spacial score (nSPS) is 11.2. The zero-order valence-corrected chi connectivity index (χ0v) is 16.7. The summed E-state index contributed by atoms with van der Waals surface area (Å²) < 4.78 is 5.71. The first-order valence-corrected chi connectivity index (χ1v) is 9.89. The van der Waals surface area contributed by atoms with Gasteiger partial charge in [-0.05, 0) is 30.7 Å². The Balaban J connectivity index is 1.72. The summed E-state index contributed by atoms with van der Waals surface area (Å²) >= 11 is 7.31. The average Bonchev–Trinajstić information content (AvgIpc) is 3.34. The first-order valence-electron chi connectivity index (χ1n) is 8.70. The maximum atomic E-state index is 12.4. The Kier molecular flexibility index (Phi) is 6.58. The van der Waals surface area contributed by atoms with Gasteiger partial charge in [-0.1, -0.05) is 48.4 Å². The largest absolute Gasteiger partial charge is 0.457 e. The molecule has 142 valence electrons. The Morgan fingerprint density at radius 1 is 1.36 bits per heavy atom. The van der Waals surface area contributed by atoms with Gasteiger partial charge in [0.1, 0.15) is 28.2 Å². The molecule has 0 unspecified atom stereocenters. The van der Waals surface area contributed by atoms with E-state index in [0.29, 0.717) is 21.7 Å². The third-order valence-electron chi connectivity index (χ3n) is 3.82. The third-order valence-corrected chi connectivity index (χ3v) is 4.95. The lowest BCUT2D eigenvalue weighted by atomic mass is 10.2. The average molecular weight is 413 g/mol. The zero-order chi connectivity index (χ0) is 19.9. The van der Waals surface area contributed by atoms with Crippen molar-refractivity contribution in [2.45, 2.75) is 26.2 Å². The highest BCUT2D eigenvalue weighted by Crippen LogP contribution is 2.26. The maximum absolute atomic E-state index is 12.4. The molecule has 0 saturated heterocycles. The van der Waals surface area contributed by atoms with Crippen LogP contribution >= 0.6 is 22.9 Å². The molecular weight excluding hydrogens is 396 g/mol. The van der Waals surface area contributed by atoms with E-state index in [0.717, 1.165) is 29.8 Å². The minimum Gasteiger partial charge on any atom is -0.457 e. The van der Waals surface area contributed by atoms with E-state index < -0.39 is 5.91 Å². The molecule has 0 radical (unpaired) electrons. The summed E-state index contributed by atoms with van der Waals surface area (Å²) in [6, 6.07) is 12.6. The first kappa shape index (κ1) is 19.8. The second-order valence-corrected chi connectivity index (χ2v) is 7.44. The fourth-order valence-electron chi connectivity index (χ4n) is 2.42. The second-order valence-electron chi connectivity index (χ2n) is 5.94. The molecule has 6 nitrogen and oxygen atoms in total. The minimum absolute atomic E-state index is 0.0858. The molecule has 0 aliphatic rings. The highest BCUT2D eigenvalue weighted by atomic mass is 35.5. The number of amides is 1. The van der Waals surface area contributed by atoms with E-state index >= 15 is 0 Å². The quantitative estimate of drug-likeness (QED) is 0.417. The van der Waals surface area contributed by atoms with E-state index in [2.05, 4.69) is 22.4 Å². The lowest BCUT2D eigenvalue weighted by molar-refractivity contribution is -0.112. The van der Waals surface area contributed by atoms with Gasteiger partial charge in [0.25, 0.3) is 5.91 Å². The van der Waals surface area contributed by atoms with Crippen molar-refractivity contribution in [3.05, 3.63) is 57.8 Å². The topological polar surface area (TPSA) is 91.8 Å². The summed E-state index contributed by atoms with van der Waals surface area (Å²) in [4.78, 5) is 12.4. The summed E-state index contributed by atoms with van der Waals surface area (Å²) in [5.41, 5.74) is 0.723. The molecule has 1 amide bonds. The van der Waals surface area contributed by atoms with Crippen LogP contribution in [0.15, 0.2) is 46.4 Å². The number of furan rings is 1. The number of nitrogens with zero attached hydrogens (tertiary/aromatic N) is 3. The molecule has 1 N–H and O–H groups in total. The van der Waals surface area contributed by atoms with Crippen LogP contribution in [0.4, 0.5) is 5.13 Å². The van der Waals surface area contributed by atoms with Crippen LogP contribution in [0.25, 0.3) is 17.4 Å². The van der Waals surface area contributed by atoms with Crippen LogP contribution in [-0.4, -0.2) is 16.1 Å². The molecular formula is C20H17ClN4O2S. The molecule has 28 heavy (non-hydrogen) atoms. The van der Waals surface area contributed by atoms with Gasteiger partial charge in [0.2, 0.25) is 5.13 Å². The van der Waals surface area contributed by atoms with Crippen LogP contribution in [0.3, 0.4) is 0 Å². The Morgan fingerprint density at radius 2 is 2.21 bits per heavy atom. The number of halogens is 1. The molecule has 1 aromatic carbocycles. The summed E-state index contributed by atoms with van der Waals surface area (Å²) in [6.45, 7) is 2.10. The number of hydrogen-bond donors (Lipinski definition) is 1. The molecule has 0 spiro atoms. The molecule has 2 heterocycles. The van der Waals surface area contributed by atoms with E-state index in [4.69, 9.17) is 16.0 Å². The van der Waals surface area contributed by atoms with Gasteiger partial charge in [0, 0.05) is 23.1 Å². The molecule has 0 atom stereocenters. The number of hydrogen-bond acceptors (Lipinski definition) is 6. The van der Waals surface area contributed by atoms with Crippen LogP contribution in [0.2, 0.25) is 5.02 Å². The second kappa shape index (κ2) is 9.31. The fraction of sp³-hybridized carbons (Fsp3) is 0.200. The van der Waals surface area contributed by atoms with Gasteiger partial charge >= 0.3 is 0 Å². The summed E-state index contributed by atoms with van der Waals surface area (Å²) in [6.07, 6.45) is 4.29. The number of benzene rings is 1. The van der Waals surface area contributed by atoms with Crippen molar-refractivity contribution < 1.29 is 9.21 Å². The highest BCUT2D eigenvalue weighted by Gasteiger charge is 2.14. The van der Waals surface area contributed by atoms with Crippen molar-refractivity contribution in [2.75, 3.05) is 5.32 Å². The van der Waals surface area contributed by atoms with Gasteiger partial charge in [0.05, 0.1) is 0 Å². The van der Waals surface area contributed by atoms with Crippen LogP contribution in [0, 0.1) is 11.3 Å². The van der Waals surface area contributed by atoms with Crippen molar-refractivity contribution in [3.63, 3.8) is 0 Å². The number of nitrogens with one attached hydrogen (secondary N) is 1. The molecule has 8 heteroatoms. The van der Waals surface area contributed by atoms with Crippen LogP contribution in [0.5, 0.6) is 0 Å². The summed E-state index contributed by atoms with van der Waals surface area (Å²) in [5.74, 6) is 0.431. The van der Waals surface area contributed by atoms with Crippen molar-refractivity contribution in [3.8, 4) is 17.4 Å². The predicted octanol–water partition coefficient (Wildman–Crippen LogP) is 5.34. The van der Waals surface area contributed by atoms with Gasteiger partial charge in [0.15, 0.2) is 0 Å². The molecule has 3 aromatic rings. The Morgan fingerprint density at radius 3 is 2.96 bits per heavy atom. The molecule has 0 aliphatic carbocycles. The Hall–Kier alpha value is -2.95. The molecule has 2 aromatic heterocycles. The number of nitriles is 1. The number of unbranched alkanes of at least 4 members (excludes halogenated alkanes) is 1. The Labute approximate surface area is 171 Å². The summed E-state index contributed by atoms with van der Waals surface area (Å²) in [5, 5.41) is 21.8. The first-order chi connectivity index (χ1) is 13.6. The number of rotatable bonds is 7. The van der Waals surface area contributed by atoms with Crippen molar-refractivity contribution in [1.29, 1.82) is 5.26 Å². The maximum Gasteiger partial charge on any atom is 0.268 e. The molecule has 0 saturated carbocycles. The monoisotopic (exact) mass is 412 g/mol. The van der Waals surface area contributed by atoms with E-state index in [-0.39, 0.29) is 5.57 Å². The number of aryl methyl sites for hydroxylation is 1. The lowest BCUT2D eigenvalue weighted by Gasteiger charge is -1.99. The van der Waals surface area contributed by atoms with Gasteiger partial charge in [-0.15, -0.1) is 10.2 Å². The highest BCUT2D eigenvalue weighted by molar-refractivity contribution is 7.15. The van der Waals surface area contributed by atoms with Crippen molar-refractivity contribution in [1.82, 2.24) is 10.2 Å². The predicted molar refractivity (Wildman–Crippen MR) is 110 cm³/mol. The van der Waals surface area contributed by atoms with Crippen LogP contribution < -0.4 is 5.32 Å². The van der Waals surface area contributed by atoms with Crippen LogP contribution in [0.1, 0.15) is 30.5 Å². The SMILES string of the molecule is CCCCc1nnc(NC(=O)/C(C#N)=C\c2ccc(-c3cccc(Cl)c3)o2)s1. The number of aromatic nitrogens is 2. The number of carbonyl (C=O) groups is 1. The number of anilines is 1. The van der Waals surface area contributed by atoms with Gasteiger partial charge in [-0.3, -0.25) is 10.1 Å². The number of carbonyl (C=O) groups excluding carboxylic acids is 1. The zero-order valence-electron chi connectivity index (χ0n) is 15.1. The lowest BCUT2D eigenvalue weighted by Crippen LogP contribution is -2.13. The standard InChI is InChI=1S/C20H17ClN4O2S/c1-2-3-7-18-24-25-20(28-18)23-19(26)14(12-22)11-16-8-9-17(27-16)13-5-4-6-15(21)10-13/h4-6,8-11H,2-3,7H2,1H3,(H,23,25,26)/b14-11-. The van der Waals surface area contributed by atoms with E-state index in [9.17, 15) is 10.1 Å². The smallest absolute Gasteiger partial charge is 0.268 e. The molecule has 0 aliphatic heterocycles.